The minimum Gasteiger partial charge on any atom is -0.463 e. The molecule has 1 atom stereocenters. The standard InChI is InChI=1S/C22H25ClN2O3/c1-4-8-20(21(27-5-2)16-11-13-17(24)14-12-16)25-22(26)28-15(3)18-9-6-7-10-19(18)23/h5-7,9-15H,2,4,8,24H2,1,3H3,(H,25,26)/b21-20+. The van der Waals surface area contributed by atoms with E-state index in [0.29, 0.717) is 28.6 Å². The molecule has 0 spiro atoms. The van der Waals surface area contributed by atoms with Crippen LogP contribution in [0.5, 0.6) is 0 Å². The zero-order chi connectivity index (χ0) is 20.5. The average Bonchev–Trinajstić information content (AvgIpc) is 2.67. The van der Waals surface area contributed by atoms with Crippen molar-refractivity contribution in [1.29, 1.82) is 0 Å². The predicted molar refractivity (Wildman–Crippen MR) is 113 cm³/mol. The second-order valence-corrected chi connectivity index (χ2v) is 6.57. The third-order valence-electron chi connectivity index (χ3n) is 4.03. The molecule has 0 aliphatic heterocycles. The number of carbonyl (C=O) groups excluding carboxylic acids is 1. The summed E-state index contributed by atoms with van der Waals surface area (Å²) in [6.07, 6.45) is 1.62. The molecule has 148 valence electrons. The van der Waals surface area contributed by atoms with Crippen LogP contribution in [0.4, 0.5) is 10.5 Å². The van der Waals surface area contributed by atoms with Crippen molar-refractivity contribution in [1.82, 2.24) is 5.32 Å². The molecule has 2 aromatic carbocycles. The van der Waals surface area contributed by atoms with Crippen LogP contribution in [-0.4, -0.2) is 6.09 Å². The van der Waals surface area contributed by atoms with Crippen LogP contribution in [0.2, 0.25) is 5.02 Å². The van der Waals surface area contributed by atoms with Crippen LogP contribution in [0, 0.1) is 0 Å². The molecule has 3 N–H and O–H groups in total. The molecule has 0 radical (unpaired) electrons. The van der Waals surface area contributed by atoms with E-state index >= 15 is 0 Å². The summed E-state index contributed by atoms with van der Waals surface area (Å²) in [6.45, 7) is 7.40. The van der Waals surface area contributed by atoms with Gasteiger partial charge in [0, 0.05) is 21.8 Å². The van der Waals surface area contributed by atoms with E-state index in [9.17, 15) is 4.79 Å². The fraction of sp³-hybridized carbons (Fsp3) is 0.227. The van der Waals surface area contributed by atoms with E-state index in [1.165, 1.54) is 6.26 Å². The van der Waals surface area contributed by atoms with Crippen LogP contribution in [0.15, 0.2) is 67.1 Å². The van der Waals surface area contributed by atoms with Gasteiger partial charge in [-0.15, -0.1) is 0 Å². The Morgan fingerprint density at radius 1 is 1.25 bits per heavy atom. The van der Waals surface area contributed by atoms with Gasteiger partial charge in [-0.1, -0.05) is 49.7 Å². The minimum absolute atomic E-state index is 0.499. The zero-order valence-electron chi connectivity index (χ0n) is 16.1. The molecule has 5 nitrogen and oxygen atoms in total. The van der Waals surface area contributed by atoms with Crippen LogP contribution < -0.4 is 11.1 Å². The summed E-state index contributed by atoms with van der Waals surface area (Å²) < 4.78 is 11.1. The van der Waals surface area contributed by atoms with E-state index < -0.39 is 12.2 Å². The number of allylic oxidation sites excluding steroid dienone is 1. The predicted octanol–water partition coefficient (Wildman–Crippen LogP) is 6.04. The Morgan fingerprint density at radius 3 is 2.54 bits per heavy atom. The van der Waals surface area contributed by atoms with Gasteiger partial charge >= 0.3 is 6.09 Å². The second-order valence-electron chi connectivity index (χ2n) is 6.16. The Balaban J connectivity index is 2.24. The number of nitrogen functional groups attached to an aromatic ring is 1. The SMILES string of the molecule is C=CO/C(=C(\CCC)NC(=O)OC(C)c1ccccc1Cl)c1ccc(N)cc1. The lowest BCUT2D eigenvalue weighted by molar-refractivity contribution is 0.109. The number of benzene rings is 2. The van der Waals surface area contributed by atoms with Crippen molar-refractivity contribution in [2.45, 2.75) is 32.8 Å². The molecular formula is C22H25ClN2O3. The number of hydrogen-bond donors (Lipinski definition) is 2. The van der Waals surface area contributed by atoms with E-state index in [1.54, 1.807) is 25.1 Å². The highest BCUT2D eigenvalue weighted by atomic mass is 35.5. The van der Waals surface area contributed by atoms with Crippen LogP contribution in [-0.2, 0) is 9.47 Å². The van der Waals surface area contributed by atoms with Gasteiger partial charge in [-0.25, -0.2) is 4.79 Å². The number of alkyl carbamates (subject to hydrolysis) is 1. The Kier molecular flexibility index (Phi) is 7.96. The molecule has 0 aliphatic carbocycles. The normalized spacial score (nSPS) is 12.5. The number of nitrogens with one attached hydrogen (secondary N) is 1. The highest BCUT2D eigenvalue weighted by molar-refractivity contribution is 6.31. The number of carbonyl (C=O) groups is 1. The first-order chi connectivity index (χ1) is 13.5. The van der Waals surface area contributed by atoms with Crippen LogP contribution >= 0.6 is 11.6 Å². The van der Waals surface area contributed by atoms with E-state index in [2.05, 4.69) is 11.9 Å². The van der Waals surface area contributed by atoms with Crippen molar-refractivity contribution < 1.29 is 14.3 Å². The average molecular weight is 401 g/mol. The van der Waals surface area contributed by atoms with Crippen molar-refractivity contribution >= 4 is 29.1 Å². The van der Waals surface area contributed by atoms with Gasteiger partial charge in [-0.2, -0.15) is 0 Å². The lowest BCUT2D eigenvalue weighted by Crippen LogP contribution is -2.26. The van der Waals surface area contributed by atoms with Gasteiger partial charge < -0.3 is 15.2 Å². The number of anilines is 1. The zero-order valence-corrected chi connectivity index (χ0v) is 16.8. The first-order valence-corrected chi connectivity index (χ1v) is 9.42. The minimum atomic E-state index is -0.587. The molecule has 0 bridgehead atoms. The lowest BCUT2D eigenvalue weighted by Gasteiger charge is -2.18. The Hall–Kier alpha value is -2.92. The number of nitrogens with two attached hydrogens (primary N) is 1. The lowest BCUT2D eigenvalue weighted by atomic mass is 10.1. The van der Waals surface area contributed by atoms with Gasteiger partial charge in [0.05, 0.1) is 12.0 Å². The molecule has 1 unspecified atom stereocenters. The highest BCUT2D eigenvalue weighted by Crippen LogP contribution is 2.26. The number of rotatable bonds is 8. The highest BCUT2D eigenvalue weighted by Gasteiger charge is 2.18. The summed E-state index contributed by atoms with van der Waals surface area (Å²) in [5.41, 5.74) is 8.51. The summed E-state index contributed by atoms with van der Waals surface area (Å²) >= 11 is 6.18. The Labute approximate surface area is 170 Å². The van der Waals surface area contributed by atoms with Gasteiger partial charge in [-0.05, 0) is 43.7 Å². The summed E-state index contributed by atoms with van der Waals surface area (Å²) in [5, 5.41) is 3.35. The van der Waals surface area contributed by atoms with E-state index in [-0.39, 0.29) is 0 Å². The topological polar surface area (TPSA) is 73.6 Å². The molecule has 0 fully saturated rings. The van der Waals surface area contributed by atoms with Crippen LogP contribution in [0.3, 0.4) is 0 Å². The van der Waals surface area contributed by atoms with E-state index in [4.69, 9.17) is 26.8 Å². The molecule has 0 aromatic heterocycles. The van der Waals surface area contributed by atoms with Crippen molar-refractivity contribution in [3.05, 3.63) is 83.2 Å². The van der Waals surface area contributed by atoms with Crippen LogP contribution in [0.25, 0.3) is 5.76 Å². The molecule has 0 saturated heterocycles. The molecule has 1 amide bonds. The molecule has 0 heterocycles. The van der Waals surface area contributed by atoms with Gasteiger partial charge in [0.15, 0.2) is 5.76 Å². The van der Waals surface area contributed by atoms with Gasteiger partial charge in [0.2, 0.25) is 0 Å². The maximum Gasteiger partial charge on any atom is 0.412 e. The fourth-order valence-corrected chi connectivity index (χ4v) is 2.98. The molecule has 2 aromatic rings. The third-order valence-corrected chi connectivity index (χ3v) is 4.37. The van der Waals surface area contributed by atoms with Gasteiger partial charge in [0.25, 0.3) is 0 Å². The van der Waals surface area contributed by atoms with E-state index in [1.807, 2.05) is 37.3 Å². The quantitative estimate of drug-likeness (QED) is 0.418. The first kappa shape index (κ1) is 21.4. The third kappa shape index (κ3) is 5.79. The Morgan fingerprint density at radius 2 is 1.93 bits per heavy atom. The maximum atomic E-state index is 12.5. The summed E-state index contributed by atoms with van der Waals surface area (Å²) in [4.78, 5) is 12.5. The van der Waals surface area contributed by atoms with Gasteiger partial charge in [-0.3, -0.25) is 5.32 Å². The molecule has 0 aliphatic rings. The smallest absolute Gasteiger partial charge is 0.412 e. The summed E-state index contributed by atoms with van der Waals surface area (Å²) in [6, 6.07) is 14.4. The number of hydrogen-bond acceptors (Lipinski definition) is 4. The van der Waals surface area contributed by atoms with Crippen molar-refractivity contribution in [2.24, 2.45) is 0 Å². The monoisotopic (exact) mass is 400 g/mol. The Bertz CT molecular complexity index is 847. The number of ether oxygens (including phenoxy) is 2. The first-order valence-electron chi connectivity index (χ1n) is 9.05. The molecule has 6 heteroatoms. The molecule has 28 heavy (non-hydrogen) atoms. The molecule has 2 rings (SSSR count). The largest absolute Gasteiger partial charge is 0.463 e. The molecular weight excluding hydrogens is 376 g/mol. The number of amides is 1. The number of halogens is 1. The van der Waals surface area contributed by atoms with E-state index in [0.717, 1.165) is 17.5 Å². The maximum absolute atomic E-state index is 12.5. The summed E-state index contributed by atoms with van der Waals surface area (Å²) in [5.74, 6) is 0.499. The van der Waals surface area contributed by atoms with Gasteiger partial charge in [0.1, 0.15) is 6.10 Å². The van der Waals surface area contributed by atoms with Crippen molar-refractivity contribution in [3.63, 3.8) is 0 Å². The summed E-state index contributed by atoms with van der Waals surface area (Å²) in [7, 11) is 0. The van der Waals surface area contributed by atoms with Crippen molar-refractivity contribution in [2.75, 3.05) is 5.73 Å². The second kappa shape index (κ2) is 10.4. The van der Waals surface area contributed by atoms with Crippen LogP contribution in [0.1, 0.15) is 43.9 Å². The fourth-order valence-electron chi connectivity index (χ4n) is 2.70. The van der Waals surface area contributed by atoms with Crippen molar-refractivity contribution in [3.8, 4) is 0 Å². The molecule has 0 saturated carbocycles.